The molecule has 20 heavy (non-hydrogen) atoms. The van der Waals surface area contributed by atoms with Crippen molar-refractivity contribution in [3.63, 3.8) is 0 Å². The van der Waals surface area contributed by atoms with Crippen LogP contribution in [0.2, 0.25) is 0 Å². The Balaban J connectivity index is 1.74. The van der Waals surface area contributed by atoms with Crippen LogP contribution < -0.4 is 15.4 Å². The first-order valence-corrected chi connectivity index (χ1v) is 7.05. The van der Waals surface area contributed by atoms with Crippen LogP contribution in [0.5, 0.6) is 5.75 Å². The molecule has 2 rings (SSSR count). The van der Waals surface area contributed by atoms with Gasteiger partial charge in [-0.05, 0) is 51.0 Å². The van der Waals surface area contributed by atoms with Crippen molar-refractivity contribution < 1.29 is 9.53 Å². The Morgan fingerprint density at radius 1 is 1.40 bits per heavy atom. The number of benzene rings is 1. The molecule has 0 spiro atoms. The zero-order chi connectivity index (χ0) is 14.4. The van der Waals surface area contributed by atoms with Gasteiger partial charge in [-0.25, -0.2) is 4.79 Å². The molecule has 0 saturated carbocycles. The van der Waals surface area contributed by atoms with Crippen LogP contribution in [0.25, 0.3) is 0 Å². The van der Waals surface area contributed by atoms with E-state index in [0.717, 1.165) is 43.9 Å². The number of carbonyl (C=O) groups is 1. The van der Waals surface area contributed by atoms with Gasteiger partial charge in [0, 0.05) is 18.3 Å². The van der Waals surface area contributed by atoms with Gasteiger partial charge in [0.05, 0.1) is 7.11 Å². The number of hydrogen-bond acceptors (Lipinski definition) is 3. The molecule has 1 aromatic rings. The maximum absolute atomic E-state index is 11.8. The summed E-state index contributed by atoms with van der Waals surface area (Å²) in [5.74, 6) is 1.32. The summed E-state index contributed by atoms with van der Waals surface area (Å²) in [5.41, 5.74) is 0.741. The fourth-order valence-electron chi connectivity index (χ4n) is 2.38. The van der Waals surface area contributed by atoms with Crippen molar-refractivity contribution >= 4 is 11.7 Å². The minimum Gasteiger partial charge on any atom is -0.497 e. The maximum Gasteiger partial charge on any atom is 0.319 e. The predicted octanol–water partition coefficient (Wildman–Crippen LogP) is 2.16. The monoisotopic (exact) mass is 277 g/mol. The summed E-state index contributed by atoms with van der Waals surface area (Å²) in [4.78, 5) is 14.2. The van der Waals surface area contributed by atoms with Crippen LogP contribution in [0, 0.1) is 5.92 Å². The van der Waals surface area contributed by atoms with E-state index in [-0.39, 0.29) is 6.03 Å². The average molecular weight is 277 g/mol. The number of urea groups is 1. The zero-order valence-electron chi connectivity index (χ0n) is 12.2. The number of methoxy groups -OCH3 is 1. The van der Waals surface area contributed by atoms with E-state index in [2.05, 4.69) is 22.6 Å². The van der Waals surface area contributed by atoms with Crippen molar-refractivity contribution in [3.05, 3.63) is 24.3 Å². The molecule has 5 nitrogen and oxygen atoms in total. The van der Waals surface area contributed by atoms with Gasteiger partial charge in [0.15, 0.2) is 0 Å². The lowest BCUT2D eigenvalue weighted by Crippen LogP contribution is -2.38. The highest BCUT2D eigenvalue weighted by Gasteiger charge is 2.17. The Hall–Kier alpha value is -1.75. The van der Waals surface area contributed by atoms with E-state index in [1.807, 2.05) is 18.2 Å². The number of amides is 2. The number of hydrogen-bond donors (Lipinski definition) is 2. The van der Waals surface area contributed by atoms with Crippen molar-refractivity contribution in [2.45, 2.75) is 12.8 Å². The summed E-state index contributed by atoms with van der Waals surface area (Å²) >= 11 is 0. The number of rotatable bonds is 4. The molecule has 1 heterocycles. The van der Waals surface area contributed by atoms with E-state index in [1.54, 1.807) is 13.2 Å². The highest BCUT2D eigenvalue weighted by molar-refractivity contribution is 5.89. The molecule has 1 aliphatic heterocycles. The van der Waals surface area contributed by atoms with E-state index in [1.165, 1.54) is 0 Å². The number of ether oxygens (including phenoxy) is 1. The smallest absolute Gasteiger partial charge is 0.319 e. The lowest BCUT2D eigenvalue weighted by molar-refractivity contribution is 0.213. The summed E-state index contributed by atoms with van der Waals surface area (Å²) in [7, 11) is 3.75. The number of anilines is 1. The van der Waals surface area contributed by atoms with Gasteiger partial charge in [-0.3, -0.25) is 0 Å². The number of likely N-dealkylation sites (tertiary alicyclic amines) is 1. The largest absolute Gasteiger partial charge is 0.497 e. The SMILES string of the molecule is COc1cccc(NC(=O)NCC2CCN(C)CC2)c1. The molecule has 2 N–H and O–H groups in total. The molecule has 0 radical (unpaired) electrons. The third-order valence-electron chi connectivity index (χ3n) is 3.72. The van der Waals surface area contributed by atoms with Crippen molar-refractivity contribution in [1.82, 2.24) is 10.2 Å². The van der Waals surface area contributed by atoms with E-state index < -0.39 is 0 Å². The molecule has 0 aromatic heterocycles. The quantitative estimate of drug-likeness (QED) is 0.886. The molecule has 0 bridgehead atoms. The predicted molar refractivity (Wildman–Crippen MR) is 80.2 cm³/mol. The number of piperidine rings is 1. The molecule has 1 aromatic carbocycles. The summed E-state index contributed by atoms with van der Waals surface area (Å²) in [5, 5.41) is 5.77. The lowest BCUT2D eigenvalue weighted by Gasteiger charge is -2.28. The number of nitrogens with zero attached hydrogens (tertiary/aromatic N) is 1. The first kappa shape index (κ1) is 14.7. The standard InChI is InChI=1S/C15H23N3O2/c1-18-8-6-12(7-9-18)11-16-15(19)17-13-4-3-5-14(10-13)20-2/h3-5,10,12H,6-9,11H2,1-2H3,(H2,16,17,19). The Labute approximate surface area is 120 Å². The molecule has 2 amide bonds. The van der Waals surface area contributed by atoms with Gasteiger partial charge >= 0.3 is 6.03 Å². The van der Waals surface area contributed by atoms with Gasteiger partial charge in [0.1, 0.15) is 5.75 Å². The van der Waals surface area contributed by atoms with Gasteiger partial charge in [0.2, 0.25) is 0 Å². The van der Waals surface area contributed by atoms with Crippen LogP contribution >= 0.6 is 0 Å². The van der Waals surface area contributed by atoms with Crippen molar-refractivity contribution in [1.29, 1.82) is 0 Å². The van der Waals surface area contributed by atoms with Crippen LogP contribution in [-0.4, -0.2) is 44.7 Å². The topological polar surface area (TPSA) is 53.6 Å². The normalized spacial score (nSPS) is 16.7. The molecule has 0 atom stereocenters. The summed E-state index contributed by atoms with van der Waals surface area (Å²) in [6.07, 6.45) is 2.30. The molecule has 110 valence electrons. The van der Waals surface area contributed by atoms with E-state index in [4.69, 9.17) is 4.74 Å². The minimum atomic E-state index is -0.155. The van der Waals surface area contributed by atoms with Crippen LogP contribution in [0.15, 0.2) is 24.3 Å². The molecule has 0 unspecified atom stereocenters. The Morgan fingerprint density at radius 2 is 2.15 bits per heavy atom. The van der Waals surface area contributed by atoms with Crippen LogP contribution in [0.4, 0.5) is 10.5 Å². The van der Waals surface area contributed by atoms with E-state index in [0.29, 0.717) is 5.92 Å². The van der Waals surface area contributed by atoms with Gasteiger partial charge in [-0.2, -0.15) is 0 Å². The van der Waals surface area contributed by atoms with Crippen LogP contribution in [-0.2, 0) is 0 Å². The first-order chi connectivity index (χ1) is 9.67. The highest BCUT2D eigenvalue weighted by atomic mass is 16.5. The fraction of sp³-hybridized carbons (Fsp3) is 0.533. The van der Waals surface area contributed by atoms with E-state index >= 15 is 0 Å². The molecule has 1 saturated heterocycles. The molecular formula is C15H23N3O2. The molecule has 1 aliphatic rings. The van der Waals surface area contributed by atoms with E-state index in [9.17, 15) is 4.79 Å². The Kier molecular flexibility index (Phi) is 5.24. The third kappa shape index (κ3) is 4.42. The second-order valence-electron chi connectivity index (χ2n) is 5.31. The number of nitrogens with one attached hydrogen (secondary N) is 2. The average Bonchev–Trinajstić information content (AvgIpc) is 2.47. The summed E-state index contributed by atoms with van der Waals surface area (Å²) in [6, 6.07) is 7.19. The van der Waals surface area contributed by atoms with Gasteiger partial charge in [-0.1, -0.05) is 6.07 Å². The molecule has 1 fully saturated rings. The van der Waals surface area contributed by atoms with Crippen molar-refractivity contribution in [2.75, 3.05) is 39.1 Å². The third-order valence-corrected chi connectivity index (χ3v) is 3.72. The maximum atomic E-state index is 11.8. The van der Waals surface area contributed by atoms with Gasteiger partial charge in [-0.15, -0.1) is 0 Å². The van der Waals surface area contributed by atoms with Gasteiger partial charge < -0.3 is 20.3 Å². The Bertz CT molecular complexity index is 442. The zero-order valence-corrected chi connectivity index (χ0v) is 12.2. The van der Waals surface area contributed by atoms with Crippen molar-refractivity contribution in [2.24, 2.45) is 5.92 Å². The first-order valence-electron chi connectivity index (χ1n) is 7.05. The highest BCUT2D eigenvalue weighted by Crippen LogP contribution is 2.17. The fourth-order valence-corrected chi connectivity index (χ4v) is 2.38. The Morgan fingerprint density at radius 3 is 2.85 bits per heavy atom. The number of carbonyl (C=O) groups excluding carboxylic acids is 1. The minimum absolute atomic E-state index is 0.155. The molecule has 5 heteroatoms. The van der Waals surface area contributed by atoms with Crippen molar-refractivity contribution in [3.8, 4) is 5.75 Å². The second kappa shape index (κ2) is 7.14. The second-order valence-corrected chi connectivity index (χ2v) is 5.31. The van der Waals surface area contributed by atoms with Crippen LogP contribution in [0.1, 0.15) is 12.8 Å². The lowest BCUT2D eigenvalue weighted by atomic mass is 9.97. The summed E-state index contributed by atoms with van der Waals surface area (Å²) in [6.45, 7) is 2.97. The van der Waals surface area contributed by atoms with Crippen LogP contribution in [0.3, 0.4) is 0 Å². The molecular weight excluding hydrogens is 254 g/mol. The van der Waals surface area contributed by atoms with Gasteiger partial charge in [0.25, 0.3) is 0 Å². The summed E-state index contributed by atoms with van der Waals surface area (Å²) < 4.78 is 5.13. The molecule has 0 aliphatic carbocycles.